The van der Waals surface area contributed by atoms with E-state index in [4.69, 9.17) is 0 Å². The van der Waals surface area contributed by atoms with Crippen LogP contribution in [0.2, 0.25) is 0 Å². The van der Waals surface area contributed by atoms with E-state index in [1.807, 2.05) is 47.4 Å². The molecule has 0 N–H and O–H groups in total. The number of piperazine rings is 1. The second kappa shape index (κ2) is 6.28. The number of hydrogen-bond acceptors (Lipinski definition) is 4. The highest BCUT2D eigenvalue weighted by Gasteiger charge is 2.23. The predicted molar refractivity (Wildman–Crippen MR) is 94.1 cm³/mol. The molecule has 1 amide bonds. The van der Waals surface area contributed by atoms with Crippen LogP contribution in [0.25, 0.3) is 10.8 Å². The van der Waals surface area contributed by atoms with E-state index in [0.717, 1.165) is 35.4 Å². The van der Waals surface area contributed by atoms with Gasteiger partial charge in [-0.25, -0.2) is 9.97 Å². The molecule has 3 aromatic rings. The molecular formula is C19H18N4O. The number of amides is 1. The van der Waals surface area contributed by atoms with Gasteiger partial charge in [0.15, 0.2) is 0 Å². The molecule has 1 fully saturated rings. The first-order chi connectivity index (χ1) is 11.8. The smallest absolute Gasteiger partial charge is 0.253 e. The molecule has 1 aliphatic heterocycles. The van der Waals surface area contributed by atoms with Crippen molar-refractivity contribution in [1.29, 1.82) is 0 Å². The van der Waals surface area contributed by atoms with Gasteiger partial charge in [-0.1, -0.05) is 30.3 Å². The molecule has 0 bridgehead atoms. The molecule has 1 aromatic heterocycles. The molecule has 4 rings (SSSR count). The van der Waals surface area contributed by atoms with Gasteiger partial charge in [-0.2, -0.15) is 0 Å². The SMILES string of the molecule is O=C(c1ccc2ccccc2c1)N1CCN(c2ncccn2)CC1. The van der Waals surface area contributed by atoms with Crippen molar-refractivity contribution in [2.24, 2.45) is 0 Å². The summed E-state index contributed by atoms with van der Waals surface area (Å²) in [6, 6.07) is 15.8. The lowest BCUT2D eigenvalue weighted by atomic mass is 10.1. The Kier molecular flexibility index (Phi) is 3.83. The van der Waals surface area contributed by atoms with E-state index in [0.29, 0.717) is 13.1 Å². The highest BCUT2D eigenvalue weighted by molar-refractivity contribution is 5.98. The molecular weight excluding hydrogens is 300 g/mol. The van der Waals surface area contributed by atoms with Crippen molar-refractivity contribution in [1.82, 2.24) is 14.9 Å². The molecule has 0 aliphatic carbocycles. The number of anilines is 1. The van der Waals surface area contributed by atoms with Gasteiger partial charge < -0.3 is 9.80 Å². The molecule has 0 atom stereocenters. The van der Waals surface area contributed by atoms with Crippen molar-refractivity contribution in [2.75, 3.05) is 31.1 Å². The Morgan fingerprint density at radius 2 is 1.54 bits per heavy atom. The quantitative estimate of drug-likeness (QED) is 0.729. The van der Waals surface area contributed by atoms with Crippen molar-refractivity contribution < 1.29 is 4.79 Å². The maximum absolute atomic E-state index is 12.8. The summed E-state index contributed by atoms with van der Waals surface area (Å²) < 4.78 is 0. The van der Waals surface area contributed by atoms with Gasteiger partial charge in [-0.3, -0.25) is 4.79 Å². The molecule has 120 valence electrons. The zero-order valence-corrected chi connectivity index (χ0v) is 13.3. The standard InChI is InChI=1S/C19H18N4O/c24-18(17-7-6-15-4-1-2-5-16(15)14-17)22-10-12-23(13-11-22)19-20-8-3-9-21-19/h1-9,14H,10-13H2. The first-order valence-electron chi connectivity index (χ1n) is 8.11. The summed E-state index contributed by atoms with van der Waals surface area (Å²) in [6.45, 7) is 2.88. The highest BCUT2D eigenvalue weighted by Crippen LogP contribution is 2.18. The Bertz CT molecular complexity index is 857. The van der Waals surface area contributed by atoms with Crippen LogP contribution in [0.3, 0.4) is 0 Å². The van der Waals surface area contributed by atoms with Gasteiger partial charge in [0, 0.05) is 44.1 Å². The third kappa shape index (κ3) is 2.80. The summed E-state index contributed by atoms with van der Waals surface area (Å²) >= 11 is 0. The Labute approximate surface area is 140 Å². The lowest BCUT2D eigenvalue weighted by Gasteiger charge is -2.34. The summed E-state index contributed by atoms with van der Waals surface area (Å²) in [5.74, 6) is 0.824. The van der Waals surface area contributed by atoms with Crippen LogP contribution in [0.15, 0.2) is 60.9 Å². The maximum atomic E-state index is 12.8. The second-order valence-corrected chi connectivity index (χ2v) is 5.89. The molecule has 2 aromatic carbocycles. The van der Waals surface area contributed by atoms with Crippen molar-refractivity contribution in [2.45, 2.75) is 0 Å². The fourth-order valence-electron chi connectivity index (χ4n) is 3.07. The van der Waals surface area contributed by atoms with Crippen LogP contribution in [0.1, 0.15) is 10.4 Å². The average molecular weight is 318 g/mol. The molecule has 0 spiro atoms. The molecule has 0 radical (unpaired) electrons. The van der Waals surface area contributed by atoms with E-state index < -0.39 is 0 Å². The zero-order chi connectivity index (χ0) is 16.4. The fraction of sp³-hybridized carbons (Fsp3) is 0.211. The van der Waals surface area contributed by atoms with Crippen LogP contribution in [0.4, 0.5) is 5.95 Å². The van der Waals surface area contributed by atoms with Crippen molar-refractivity contribution in [3.63, 3.8) is 0 Å². The molecule has 5 heteroatoms. The number of fused-ring (bicyclic) bond motifs is 1. The normalized spacial score (nSPS) is 14.8. The molecule has 2 heterocycles. The maximum Gasteiger partial charge on any atom is 0.253 e. The summed E-state index contributed by atoms with van der Waals surface area (Å²) in [6.07, 6.45) is 3.49. The van der Waals surface area contributed by atoms with E-state index in [1.54, 1.807) is 12.4 Å². The molecule has 24 heavy (non-hydrogen) atoms. The topological polar surface area (TPSA) is 49.3 Å². The van der Waals surface area contributed by atoms with Crippen LogP contribution in [-0.2, 0) is 0 Å². The third-order valence-corrected chi connectivity index (χ3v) is 4.40. The third-order valence-electron chi connectivity index (χ3n) is 4.40. The van der Waals surface area contributed by atoms with E-state index >= 15 is 0 Å². The molecule has 1 saturated heterocycles. The van der Waals surface area contributed by atoms with Gasteiger partial charge in [-0.05, 0) is 29.0 Å². The lowest BCUT2D eigenvalue weighted by molar-refractivity contribution is 0.0746. The van der Waals surface area contributed by atoms with E-state index in [1.165, 1.54) is 0 Å². The van der Waals surface area contributed by atoms with Crippen LogP contribution in [-0.4, -0.2) is 47.0 Å². The molecule has 5 nitrogen and oxygen atoms in total. The Balaban J connectivity index is 1.47. The van der Waals surface area contributed by atoms with Gasteiger partial charge in [0.2, 0.25) is 5.95 Å². The number of carbonyl (C=O) groups excluding carboxylic acids is 1. The number of nitrogens with zero attached hydrogens (tertiary/aromatic N) is 4. The summed E-state index contributed by atoms with van der Waals surface area (Å²) in [7, 11) is 0. The Hall–Kier alpha value is -2.95. The van der Waals surface area contributed by atoms with Gasteiger partial charge >= 0.3 is 0 Å². The number of rotatable bonds is 2. The molecule has 0 saturated carbocycles. The summed E-state index contributed by atoms with van der Waals surface area (Å²) in [5.41, 5.74) is 0.748. The highest BCUT2D eigenvalue weighted by atomic mass is 16.2. The van der Waals surface area contributed by atoms with E-state index in [2.05, 4.69) is 20.9 Å². The minimum absolute atomic E-state index is 0.0920. The van der Waals surface area contributed by atoms with Gasteiger partial charge in [-0.15, -0.1) is 0 Å². The Morgan fingerprint density at radius 3 is 2.29 bits per heavy atom. The van der Waals surface area contributed by atoms with Crippen LogP contribution in [0.5, 0.6) is 0 Å². The minimum atomic E-state index is 0.0920. The van der Waals surface area contributed by atoms with Gasteiger partial charge in [0.1, 0.15) is 0 Å². The van der Waals surface area contributed by atoms with Crippen LogP contribution >= 0.6 is 0 Å². The monoisotopic (exact) mass is 318 g/mol. The number of hydrogen-bond donors (Lipinski definition) is 0. The minimum Gasteiger partial charge on any atom is -0.337 e. The van der Waals surface area contributed by atoms with Crippen molar-refractivity contribution in [3.05, 3.63) is 66.5 Å². The first kappa shape index (κ1) is 14.6. The average Bonchev–Trinajstić information content (AvgIpc) is 2.68. The number of benzene rings is 2. The molecule has 1 aliphatic rings. The Morgan fingerprint density at radius 1 is 0.833 bits per heavy atom. The summed E-state index contributed by atoms with van der Waals surface area (Å²) in [5, 5.41) is 2.25. The first-order valence-corrected chi connectivity index (χ1v) is 8.11. The van der Waals surface area contributed by atoms with Crippen molar-refractivity contribution in [3.8, 4) is 0 Å². The fourth-order valence-corrected chi connectivity index (χ4v) is 3.07. The van der Waals surface area contributed by atoms with Crippen molar-refractivity contribution >= 4 is 22.6 Å². The van der Waals surface area contributed by atoms with E-state index in [9.17, 15) is 4.79 Å². The lowest BCUT2D eigenvalue weighted by Crippen LogP contribution is -2.49. The van der Waals surface area contributed by atoms with E-state index in [-0.39, 0.29) is 5.91 Å². The summed E-state index contributed by atoms with van der Waals surface area (Å²) in [4.78, 5) is 25.3. The number of carbonyl (C=O) groups is 1. The largest absolute Gasteiger partial charge is 0.337 e. The van der Waals surface area contributed by atoms with Crippen LogP contribution < -0.4 is 4.90 Å². The van der Waals surface area contributed by atoms with Gasteiger partial charge in [0.25, 0.3) is 5.91 Å². The van der Waals surface area contributed by atoms with Gasteiger partial charge in [0.05, 0.1) is 0 Å². The zero-order valence-electron chi connectivity index (χ0n) is 13.3. The van der Waals surface area contributed by atoms with Crippen LogP contribution in [0, 0.1) is 0 Å². The number of aromatic nitrogens is 2. The predicted octanol–water partition coefficient (Wildman–Crippen LogP) is 2.59. The molecule has 0 unspecified atom stereocenters. The second-order valence-electron chi connectivity index (χ2n) is 5.89.